The van der Waals surface area contributed by atoms with Crippen LogP contribution in [0.2, 0.25) is 0 Å². The molecule has 5 aromatic rings. The number of pyridine rings is 1. The van der Waals surface area contributed by atoms with Crippen molar-refractivity contribution in [2.45, 2.75) is 25.0 Å². The van der Waals surface area contributed by atoms with Gasteiger partial charge in [-0.25, -0.2) is 14.4 Å². The van der Waals surface area contributed by atoms with E-state index in [2.05, 4.69) is 44.4 Å². The van der Waals surface area contributed by atoms with Crippen LogP contribution in [0.3, 0.4) is 0 Å². The Morgan fingerprint density at radius 3 is 2.69 bits per heavy atom. The summed E-state index contributed by atoms with van der Waals surface area (Å²) in [4.78, 5) is 15.5. The number of nitrogens with one attached hydrogen (secondary N) is 1. The summed E-state index contributed by atoms with van der Waals surface area (Å²) in [5, 5.41) is 8.66. The van der Waals surface area contributed by atoms with Crippen molar-refractivity contribution in [3.8, 4) is 16.9 Å². The molecule has 6 rings (SSSR count). The molecular formula is C27H26FN7O. The first-order valence-corrected chi connectivity index (χ1v) is 11.9. The molecule has 1 aliphatic rings. The molecule has 0 amide bonds. The molecule has 0 saturated heterocycles. The average molecular weight is 484 g/mol. The van der Waals surface area contributed by atoms with Gasteiger partial charge in [0, 0.05) is 36.4 Å². The highest BCUT2D eigenvalue weighted by molar-refractivity contribution is 5.99. The van der Waals surface area contributed by atoms with Gasteiger partial charge in [-0.05, 0) is 68.9 Å². The van der Waals surface area contributed by atoms with Crippen molar-refractivity contribution in [3.05, 3.63) is 67.1 Å². The van der Waals surface area contributed by atoms with Crippen molar-refractivity contribution in [3.63, 3.8) is 0 Å². The lowest BCUT2D eigenvalue weighted by atomic mass is 9.88. The second-order valence-electron chi connectivity index (χ2n) is 9.38. The molecule has 2 aromatic carbocycles. The van der Waals surface area contributed by atoms with Crippen LogP contribution in [0.15, 0.2) is 61.3 Å². The van der Waals surface area contributed by atoms with Gasteiger partial charge in [-0.3, -0.25) is 9.67 Å². The number of fused-ring (bicyclic) bond motifs is 2. The van der Waals surface area contributed by atoms with E-state index in [0.717, 1.165) is 24.0 Å². The number of nitrogens with zero attached hydrogens (tertiary/aromatic N) is 6. The van der Waals surface area contributed by atoms with Crippen LogP contribution < -0.4 is 10.1 Å². The van der Waals surface area contributed by atoms with Gasteiger partial charge in [0.2, 0.25) is 0 Å². The van der Waals surface area contributed by atoms with Crippen LogP contribution in [0.1, 0.15) is 12.8 Å². The third-order valence-corrected chi connectivity index (χ3v) is 6.83. The second kappa shape index (κ2) is 8.83. The minimum atomic E-state index is -0.381. The maximum atomic E-state index is 15.4. The number of aryl methyl sites for hydroxylation is 1. The lowest BCUT2D eigenvalue weighted by Crippen LogP contribution is -2.50. The zero-order valence-corrected chi connectivity index (χ0v) is 20.3. The van der Waals surface area contributed by atoms with Crippen molar-refractivity contribution >= 4 is 33.3 Å². The fourth-order valence-corrected chi connectivity index (χ4v) is 4.76. The molecule has 3 aromatic heterocycles. The second-order valence-corrected chi connectivity index (χ2v) is 9.38. The van der Waals surface area contributed by atoms with E-state index in [-0.39, 0.29) is 11.9 Å². The van der Waals surface area contributed by atoms with Crippen LogP contribution in [0.25, 0.3) is 32.9 Å². The molecule has 2 atom stereocenters. The normalized spacial score (nSPS) is 17.5. The number of likely N-dealkylation sites (N-methyl/N-ethyl adjacent to an activating group) is 1. The summed E-state index contributed by atoms with van der Waals surface area (Å²) in [5.41, 5.74) is 3.51. The molecule has 1 aliphatic carbocycles. The van der Waals surface area contributed by atoms with Crippen LogP contribution in [0.5, 0.6) is 5.75 Å². The monoisotopic (exact) mass is 483 g/mol. The summed E-state index contributed by atoms with van der Waals surface area (Å²) >= 11 is 0. The molecule has 0 bridgehead atoms. The van der Waals surface area contributed by atoms with Crippen molar-refractivity contribution < 1.29 is 9.13 Å². The Balaban J connectivity index is 1.47. The Kier molecular flexibility index (Phi) is 5.49. The van der Waals surface area contributed by atoms with Gasteiger partial charge < -0.3 is 15.0 Å². The number of rotatable bonds is 6. The molecule has 0 spiro atoms. The fourth-order valence-electron chi connectivity index (χ4n) is 4.76. The molecule has 1 N–H and O–H groups in total. The van der Waals surface area contributed by atoms with Crippen molar-refractivity contribution in [1.29, 1.82) is 0 Å². The summed E-state index contributed by atoms with van der Waals surface area (Å²) in [5.74, 6) is 0.762. The van der Waals surface area contributed by atoms with E-state index in [1.807, 2.05) is 31.6 Å². The van der Waals surface area contributed by atoms with E-state index in [9.17, 15) is 0 Å². The predicted molar refractivity (Wildman–Crippen MR) is 138 cm³/mol. The highest BCUT2D eigenvalue weighted by Gasteiger charge is 2.35. The summed E-state index contributed by atoms with van der Waals surface area (Å²) in [7, 11) is 6.02. The van der Waals surface area contributed by atoms with E-state index in [1.165, 1.54) is 6.33 Å². The van der Waals surface area contributed by atoms with Crippen molar-refractivity contribution in [1.82, 2.24) is 29.6 Å². The third-order valence-electron chi connectivity index (χ3n) is 6.83. The molecular weight excluding hydrogens is 457 g/mol. The molecule has 3 heterocycles. The molecule has 0 radical (unpaired) electrons. The van der Waals surface area contributed by atoms with E-state index in [0.29, 0.717) is 45.1 Å². The summed E-state index contributed by atoms with van der Waals surface area (Å²) in [6.07, 6.45) is 8.99. The summed E-state index contributed by atoms with van der Waals surface area (Å²) in [6, 6.07) is 11.2. The topological polar surface area (TPSA) is 81.0 Å². The zero-order chi connectivity index (χ0) is 24.8. The van der Waals surface area contributed by atoms with Crippen molar-refractivity contribution in [2.75, 3.05) is 19.4 Å². The third kappa shape index (κ3) is 3.91. The number of hydrogen-bond acceptors (Lipinski definition) is 7. The quantitative estimate of drug-likeness (QED) is 0.367. The standard InChI is InChI=1S/C27H26FN7O/c1-34(2)22-8-9-23(22)36-24-12-16(17-13-32-35(3)14-17)11-21-25(24)27(31-15-30-21)33-20-7-6-19-18(26(20)28)5-4-10-29-19/h4-7,10-15,22-23H,8-9H2,1-3H3,(H,30,31,33)/t22-,23-/m1/s1. The van der Waals surface area contributed by atoms with E-state index in [4.69, 9.17) is 4.74 Å². The first-order valence-electron chi connectivity index (χ1n) is 11.9. The molecule has 0 aliphatic heterocycles. The lowest BCUT2D eigenvalue weighted by Gasteiger charge is -2.41. The highest BCUT2D eigenvalue weighted by atomic mass is 19.1. The summed E-state index contributed by atoms with van der Waals surface area (Å²) < 4.78 is 23.7. The first kappa shape index (κ1) is 22.4. The molecule has 1 fully saturated rings. The van der Waals surface area contributed by atoms with Gasteiger partial charge in [0.25, 0.3) is 0 Å². The highest BCUT2D eigenvalue weighted by Crippen LogP contribution is 2.39. The Bertz CT molecular complexity index is 1580. The molecule has 0 unspecified atom stereocenters. The Morgan fingerprint density at radius 2 is 1.94 bits per heavy atom. The Hall–Kier alpha value is -4.11. The van der Waals surface area contributed by atoms with Gasteiger partial charge in [0.05, 0.1) is 28.3 Å². The number of ether oxygens (including phenoxy) is 1. The predicted octanol–water partition coefficient (Wildman–Crippen LogP) is 4.93. The van der Waals surface area contributed by atoms with E-state index in [1.54, 1.807) is 35.1 Å². The molecule has 36 heavy (non-hydrogen) atoms. The maximum absolute atomic E-state index is 15.4. The van der Waals surface area contributed by atoms with Crippen LogP contribution >= 0.6 is 0 Å². The minimum absolute atomic E-state index is 0.0453. The molecule has 8 nitrogen and oxygen atoms in total. The maximum Gasteiger partial charge on any atom is 0.156 e. The first-order chi connectivity index (χ1) is 17.5. The SMILES string of the molecule is CN(C)[C@@H]1CC[C@H]1Oc1cc(-c2cnn(C)c2)cc2ncnc(Nc3ccc4ncccc4c3F)c12. The fraction of sp³-hybridized carbons (Fsp3) is 0.259. The lowest BCUT2D eigenvalue weighted by molar-refractivity contribution is 0.0206. The van der Waals surface area contributed by atoms with Crippen LogP contribution in [0.4, 0.5) is 15.9 Å². The van der Waals surface area contributed by atoms with Crippen LogP contribution in [0, 0.1) is 5.82 Å². The smallest absolute Gasteiger partial charge is 0.156 e. The van der Waals surface area contributed by atoms with Crippen LogP contribution in [-0.4, -0.2) is 55.9 Å². The Labute approximate surface area is 207 Å². The number of hydrogen-bond donors (Lipinski definition) is 1. The zero-order valence-electron chi connectivity index (χ0n) is 20.3. The van der Waals surface area contributed by atoms with Gasteiger partial charge in [-0.2, -0.15) is 5.10 Å². The molecule has 1 saturated carbocycles. The molecule has 9 heteroatoms. The van der Waals surface area contributed by atoms with Gasteiger partial charge in [0.15, 0.2) is 5.82 Å². The average Bonchev–Trinajstić information content (AvgIpc) is 3.29. The molecule has 182 valence electrons. The van der Waals surface area contributed by atoms with Gasteiger partial charge in [0.1, 0.15) is 24.0 Å². The van der Waals surface area contributed by atoms with Crippen molar-refractivity contribution in [2.24, 2.45) is 7.05 Å². The number of aromatic nitrogens is 5. The van der Waals surface area contributed by atoms with Gasteiger partial charge in [-0.15, -0.1) is 0 Å². The van der Waals surface area contributed by atoms with Crippen LogP contribution in [-0.2, 0) is 7.05 Å². The number of halogens is 1. The number of benzene rings is 2. The van der Waals surface area contributed by atoms with E-state index < -0.39 is 0 Å². The van der Waals surface area contributed by atoms with E-state index >= 15 is 4.39 Å². The number of anilines is 2. The van der Waals surface area contributed by atoms with Gasteiger partial charge >= 0.3 is 0 Å². The van der Waals surface area contributed by atoms with Gasteiger partial charge in [-0.1, -0.05) is 0 Å². The minimum Gasteiger partial charge on any atom is -0.488 e. The summed E-state index contributed by atoms with van der Waals surface area (Å²) in [6.45, 7) is 0. The Morgan fingerprint density at radius 1 is 1.06 bits per heavy atom. The largest absolute Gasteiger partial charge is 0.488 e.